The van der Waals surface area contributed by atoms with Crippen LogP contribution in [0.15, 0.2) is 24.4 Å². The average Bonchev–Trinajstić information content (AvgIpc) is 2.64. The molecule has 2 aromatic rings. The first-order chi connectivity index (χ1) is 7.16. The van der Waals surface area contributed by atoms with E-state index in [9.17, 15) is 4.79 Å². The van der Waals surface area contributed by atoms with Crippen LogP contribution in [0, 0.1) is 0 Å². The predicted molar refractivity (Wildman–Crippen MR) is 55.4 cm³/mol. The number of rotatable bonds is 3. The number of hydrogen-bond acceptors (Lipinski definition) is 3. The molecule has 4 N–H and O–H groups in total. The molecule has 0 radical (unpaired) electrons. The highest BCUT2D eigenvalue weighted by Gasteiger charge is 2.12. The van der Waals surface area contributed by atoms with Crippen LogP contribution < -0.4 is 5.73 Å². The van der Waals surface area contributed by atoms with Gasteiger partial charge in [-0.25, -0.2) is 0 Å². The van der Waals surface area contributed by atoms with Crippen molar-refractivity contribution >= 4 is 16.9 Å². The molecule has 0 fully saturated rings. The Hall–Kier alpha value is -1.88. The number of nitrogens with zero attached hydrogens (tertiary/aromatic N) is 1. The molecule has 1 heterocycles. The van der Waals surface area contributed by atoms with Crippen molar-refractivity contribution in [2.24, 2.45) is 5.73 Å². The Labute approximate surface area is 85.9 Å². The van der Waals surface area contributed by atoms with Crippen LogP contribution in [0.5, 0.6) is 0 Å². The molecule has 5 heteroatoms. The van der Waals surface area contributed by atoms with Crippen LogP contribution in [0.25, 0.3) is 10.9 Å². The number of benzene rings is 1. The third kappa shape index (κ3) is 1.97. The van der Waals surface area contributed by atoms with Gasteiger partial charge >= 0.3 is 5.97 Å². The molecule has 0 unspecified atom stereocenters. The summed E-state index contributed by atoms with van der Waals surface area (Å²) in [6, 6.07) is 4.76. The molecule has 0 spiro atoms. The zero-order valence-electron chi connectivity index (χ0n) is 7.97. The molecule has 2 rings (SSSR count). The highest BCUT2D eigenvalue weighted by molar-refractivity contribution is 5.79. The van der Waals surface area contributed by atoms with Gasteiger partial charge < -0.3 is 10.8 Å². The molecular formula is C10H11N3O2. The molecule has 1 atom stereocenters. The molecular weight excluding hydrogens is 194 g/mol. The number of hydrogen-bond donors (Lipinski definition) is 3. The number of aromatic nitrogens is 2. The van der Waals surface area contributed by atoms with Crippen LogP contribution in [-0.2, 0) is 11.2 Å². The summed E-state index contributed by atoms with van der Waals surface area (Å²) in [5, 5.41) is 16.3. The van der Waals surface area contributed by atoms with E-state index in [1.807, 2.05) is 18.2 Å². The number of H-pyrrole nitrogens is 1. The van der Waals surface area contributed by atoms with Gasteiger partial charge in [0, 0.05) is 5.39 Å². The van der Waals surface area contributed by atoms with Crippen LogP contribution in [-0.4, -0.2) is 27.3 Å². The highest BCUT2D eigenvalue weighted by atomic mass is 16.4. The Kier molecular flexibility index (Phi) is 2.39. The molecule has 0 aliphatic rings. The van der Waals surface area contributed by atoms with E-state index < -0.39 is 12.0 Å². The third-order valence-electron chi connectivity index (χ3n) is 2.28. The summed E-state index contributed by atoms with van der Waals surface area (Å²) in [5.41, 5.74) is 7.28. The molecule has 1 aromatic carbocycles. The maximum absolute atomic E-state index is 10.6. The summed E-state index contributed by atoms with van der Waals surface area (Å²) < 4.78 is 0. The van der Waals surface area contributed by atoms with E-state index in [1.54, 1.807) is 6.20 Å². The second kappa shape index (κ2) is 3.70. The Balaban J connectivity index is 2.24. The fraction of sp³-hybridized carbons (Fsp3) is 0.200. The maximum Gasteiger partial charge on any atom is 0.320 e. The van der Waals surface area contributed by atoms with E-state index in [1.165, 1.54) is 0 Å². The van der Waals surface area contributed by atoms with Gasteiger partial charge in [0.2, 0.25) is 0 Å². The first-order valence-electron chi connectivity index (χ1n) is 4.57. The van der Waals surface area contributed by atoms with Crippen molar-refractivity contribution in [2.75, 3.05) is 0 Å². The molecule has 0 saturated carbocycles. The summed E-state index contributed by atoms with van der Waals surface area (Å²) in [5.74, 6) is -0.984. The Morgan fingerprint density at radius 1 is 1.60 bits per heavy atom. The minimum atomic E-state index is -0.984. The number of aliphatic carboxylic acids is 1. The minimum Gasteiger partial charge on any atom is -0.480 e. The number of aromatic amines is 1. The van der Waals surface area contributed by atoms with Crippen molar-refractivity contribution in [3.8, 4) is 0 Å². The number of carboxylic acid groups (broad SMARTS) is 1. The second-order valence-electron chi connectivity index (χ2n) is 3.44. The fourth-order valence-electron chi connectivity index (χ4n) is 1.46. The molecule has 15 heavy (non-hydrogen) atoms. The van der Waals surface area contributed by atoms with Gasteiger partial charge in [0.1, 0.15) is 6.04 Å². The van der Waals surface area contributed by atoms with Crippen LogP contribution in [0.1, 0.15) is 5.56 Å². The number of carboxylic acids is 1. The van der Waals surface area contributed by atoms with Crippen molar-refractivity contribution in [1.29, 1.82) is 0 Å². The zero-order chi connectivity index (χ0) is 10.8. The molecule has 0 saturated heterocycles. The molecule has 0 aliphatic carbocycles. The van der Waals surface area contributed by atoms with Gasteiger partial charge in [-0.3, -0.25) is 9.89 Å². The molecule has 5 nitrogen and oxygen atoms in total. The molecule has 0 aliphatic heterocycles. The van der Waals surface area contributed by atoms with Gasteiger partial charge in [0.05, 0.1) is 11.7 Å². The summed E-state index contributed by atoms with van der Waals surface area (Å²) >= 11 is 0. The molecule has 0 bridgehead atoms. The smallest absolute Gasteiger partial charge is 0.320 e. The predicted octanol–water partition coefficient (Wildman–Crippen LogP) is 0.517. The average molecular weight is 205 g/mol. The summed E-state index contributed by atoms with van der Waals surface area (Å²) in [6.45, 7) is 0. The Morgan fingerprint density at radius 2 is 2.40 bits per heavy atom. The van der Waals surface area contributed by atoms with Crippen molar-refractivity contribution in [3.05, 3.63) is 30.0 Å². The second-order valence-corrected chi connectivity index (χ2v) is 3.44. The van der Waals surface area contributed by atoms with Crippen molar-refractivity contribution < 1.29 is 9.90 Å². The Bertz CT molecular complexity index is 492. The van der Waals surface area contributed by atoms with Crippen molar-refractivity contribution in [3.63, 3.8) is 0 Å². The lowest BCUT2D eigenvalue weighted by Gasteiger charge is -2.05. The minimum absolute atomic E-state index is 0.330. The monoisotopic (exact) mass is 205 g/mol. The third-order valence-corrected chi connectivity index (χ3v) is 2.28. The van der Waals surface area contributed by atoms with Gasteiger partial charge in [0.15, 0.2) is 0 Å². The zero-order valence-corrected chi connectivity index (χ0v) is 7.97. The van der Waals surface area contributed by atoms with Gasteiger partial charge in [0.25, 0.3) is 0 Å². The lowest BCUT2D eigenvalue weighted by atomic mass is 10.1. The van der Waals surface area contributed by atoms with E-state index in [0.717, 1.165) is 16.5 Å². The quantitative estimate of drug-likeness (QED) is 0.681. The highest BCUT2D eigenvalue weighted by Crippen LogP contribution is 2.13. The first kappa shape index (κ1) is 9.67. The largest absolute Gasteiger partial charge is 0.480 e. The number of carbonyl (C=O) groups is 1. The summed E-state index contributed by atoms with van der Waals surface area (Å²) in [4.78, 5) is 10.6. The maximum atomic E-state index is 10.6. The standard InChI is InChI=1S/C10H11N3O2/c11-8(10(14)15)4-6-1-2-9-7(3-6)5-12-13-9/h1-3,5,8H,4,11H2,(H,12,13)(H,14,15)/t8-/m0/s1. The molecule has 0 amide bonds. The van der Waals surface area contributed by atoms with Crippen LogP contribution >= 0.6 is 0 Å². The van der Waals surface area contributed by atoms with E-state index >= 15 is 0 Å². The van der Waals surface area contributed by atoms with Crippen LogP contribution in [0.2, 0.25) is 0 Å². The van der Waals surface area contributed by atoms with Crippen molar-refractivity contribution in [1.82, 2.24) is 10.2 Å². The first-order valence-corrected chi connectivity index (χ1v) is 4.57. The Morgan fingerprint density at radius 3 is 3.13 bits per heavy atom. The SMILES string of the molecule is N[C@@H](Cc1ccc2[nH]ncc2c1)C(=O)O. The van der Waals surface area contributed by atoms with Gasteiger partial charge in [-0.05, 0) is 24.1 Å². The van der Waals surface area contributed by atoms with Crippen molar-refractivity contribution in [2.45, 2.75) is 12.5 Å². The van der Waals surface area contributed by atoms with E-state index in [4.69, 9.17) is 10.8 Å². The molecule has 1 aromatic heterocycles. The number of fused-ring (bicyclic) bond motifs is 1. The lowest BCUT2D eigenvalue weighted by Crippen LogP contribution is -2.32. The number of nitrogens with one attached hydrogen (secondary N) is 1. The topological polar surface area (TPSA) is 92.0 Å². The van der Waals surface area contributed by atoms with Gasteiger partial charge in [-0.2, -0.15) is 5.10 Å². The fourth-order valence-corrected chi connectivity index (χ4v) is 1.46. The van der Waals surface area contributed by atoms with Gasteiger partial charge in [-0.15, -0.1) is 0 Å². The normalized spacial score (nSPS) is 12.9. The van der Waals surface area contributed by atoms with Gasteiger partial charge in [-0.1, -0.05) is 6.07 Å². The number of nitrogens with two attached hydrogens (primary N) is 1. The summed E-state index contributed by atoms with van der Waals surface area (Å²) in [6.07, 6.45) is 2.03. The van der Waals surface area contributed by atoms with E-state index in [0.29, 0.717) is 6.42 Å². The lowest BCUT2D eigenvalue weighted by molar-refractivity contribution is -0.138. The van der Waals surface area contributed by atoms with E-state index in [2.05, 4.69) is 10.2 Å². The molecule has 78 valence electrons. The van der Waals surface area contributed by atoms with Crippen LogP contribution in [0.3, 0.4) is 0 Å². The van der Waals surface area contributed by atoms with Crippen LogP contribution in [0.4, 0.5) is 0 Å². The van der Waals surface area contributed by atoms with E-state index in [-0.39, 0.29) is 0 Å². The summed E-state index contributed by atoms with van der Waals surface area (Å²) in [7, 11) is 0.